The molecule has 6 nitrogen and oxygen atoms in total. The van der Waals surface area contributed by atoms with Gasteiger partial charge in [-0.15, -0.1) is 0 Å². The van der Waals surface area contributed by atoms with Crippen molar-refractivity contribution in [3.8, 4) is 0 Å². The van der Waals surface area contributed by atoms with Crippen LogP contribution in [0.15, 0.2) is 62.8 Å². The number of hydrogen-bond acceptors (Lipinski definition) is 7. The Morgan fingerprint density at radius 1 is 1.00 bits per heavy atom. The van der Waals surface area contributed by atoms with E-state index < -0.39 is 19.7 Å². The number of aryl methyl sites for hydroxylation is 1. The second kappa shape index (κ2) is 8.83. The maximum Gasteiger partial charge on any atom is 0.226 e. The Balaban J connectivity index is 2.04. The van der Waals surface area contributed by atoms with Crippen LogP contribution in [0.5, 0.6) is 0 Å². The first-order valence-electron chi connectivity index (χ1n) is 9.17. The molecule has 30 heavy (non-hydrogen) atoms. The van der Waals surface area contributed by atoms with Gasteiger partial charge in [0.1, 0.15) is 10.8 Å². The third-order valence-electron chi connectivity index (χ3n) is 4.27. The maximum atomic E-state index is 13.2. The van der Waals surface area contributed by atoms with Gasteiger partial charge in [-0.25, -0.2) is 26.2 Å². The van der Waals surface area contributed by atoms with Crippen LogP contribution in [0.1, 0.15) is 24.5 Å². The van der Waals surface area contributed by atoms with E-state index in [0.717, 1.165) is 16.9 Å². The molecule has 0 saturated carbocycles. The zero-order valence-corrected chi connectivity index (χ0v) is 18.9. The van der Waals surface area contributed by atoms with Crippen LogP contribution in [0, 0.1) is 12.7 Å². The molecule has 0 spiro atoms. The summed E-state index contributed by atoms with van der Waals surface area (Å²) in [6.07, 6.45) is 0.389. The number of nitrogens with one attached hydrogen (secondary N) is 1. The van der Waals surface area contributed by atoms with Crippen LogP contribution in [-0.4, -0.2) is 27.6 Å². The lowest BCUT2D eigenvalue weighted by Gasteiger charge is -2.08. The third-order valence-corrected chi connectivity index (χ3v) is 9.48. The van der Waals surface area contributed by atoms with E-state index in [1.165, 1.54) is 24.3 Å². The van der Waals surface area contributed by atoms with Crippen molar-refractivity contribution >= 4 is 36.0 Å². The van der Waals surface area contributed by atoms with Crippen molar-refractivity contribution < 1.29 is 21.2 Å². The van der Waals surface area contributed by atoms with Crippen LogP contribution in [0.4, 0.5) is 9.39 Å². The van der Waals surface area contributed by atoms with Crippen LogP contribution in [0.25, 0.3) is 0 Å². The fourth-order valence-electron chi connectivity index (χ4n) is 2.68. The minimum Gasteiger partial charge on any atom is -0.370 e. The van der Waals surface area contributed by atoms with E-state index >= 15 is 0 Å². The van der Waals surface area contributed by atoms with Gasteiger partial charge >= 0.3 is 0 Å². The predicted molar refractivity (Wildman–Crippen MR) is 115 cm³/mol. The van der Waals surface area contributed by atoms with Gasteiger partial charge < -0.3 is 5.32 Å². The normalized spacial score (nSPS) is 12.1. The van der Waals surface area contributed by atoms with Crippen LogP contribution >= 0.6 is 11.3 Å². The van der Waals surface area contributed by atoms with Gasteiger partial charge in [0.15, 0.2) is 5.03 Å². The molecular formula is C20H21FN2O4S3. The van der Waals surface area contributed by atoms with Gasteiger partial charge in [-0.1, -0.05) is 48.1 Å². The summed E-state index contributed by atoms with van der Waals surface area (Å²) < 4.78 is 64.2. The first kappa shape index (κ1) is 22.4. The monoisotopic (exact) mass is 468 g/mol. The Bertz CT molecular complexity index is 1230. The summed E-state index contributed by atoms with van der Waals surface area (Å²) >= 11 is 0.790. The van der Waals surface area contributed by atoms with Crippen LogP contribution in [0.2, 0.25) is 0 Å². The number of aromatic nitrogens is 1. The highest BCUT2D eigenvalue weighted by Crippen LogP contribution is 2.35. The molecular weight excluding hydrogens is 447 g/mol. The Morgan fingerprint density at radius 3 is 2.23 bits per heavy atom. The standard InChI is InChI=1S/C20H21FN2O4S3/c1-3-12-29(24,25)20-23-19(30(26,27)17-10-4-14(2)5-11-17)18(28-20)22-13-15-6-8-16(21)9-7-15/h4-11,22H,3,12-13H2,1-2H3. The lowest BCUT2D eigenvalue weighted by molar-refractivity contribution is 0.589. The minimum absolute atomic E-state index is 0.0303. The highest BCUT2D eigenvalue weighted by atomic mass is 32.2. The van der Waals surface area contributed by atoms with E-state index in [1.54, 1.807) is 31.2 Å². The fourth-order valence-corrected chi connectivity index (χ4v) is 7.04. The smallest absolute Gasteiger partial charge is 0.226 e. The van der Waals surface area contributed by atoms with Gasteiger partial charge in [-0.05, 0) is 43.2 Å². The van der Waals surface area contributed by atoms with Gasteiger partial charge in [-0.2, -0.15) is 0 Å². The number of hydrogen-bond donors (Lipinski definition) is 1. The van der Waals surface area contributed by atoms with E-state index in [1.807, 2.05) is 6.92 Å². The van der Waals surface area contributed by atoms with Crippen LogP contribution < -0.4 is 5.32 Å². The SMILES string of the molecule is CCCS(=O)(=O)c1nc(S(=O)(=O)c2ccc(C)cc2)c(NCc2ccc(F)cc2)s1. The maximum absolute atomic E-state index is 13.2. The molecule has 0 bridgehead atoms. The number of thiazole rings is 1. The number of rotatable bonds is 8. The largest absolute Gasteiger partial charge is 0.370 e. The van der Waals surface area contributed by atoms with Gasteiger partial charge in [0.05, 0.1) is 10.6 Å². The van der Waals surface area contributed by atoms with Crippen molar-refractivity contribution in [2.75, 3.05) is 11.1 Å². The third kappa shape index (κ3) is 4.88. The molecule has 0 atom stereocenters. The molecule has 0 fully saturated rings. The Hall–Kier alpha value is -2.30. The Kier molecular flexibility index (Phi) is 6.59. The Morgan fingerprint density at radius 2 is 1.63 bits per heavy atom. The number of anilines is 1. The molecule has 0 saturated heterocycles. The molecule has 10 heteroatoms. The summed E-state index contributed by atoms with van der Waals surface area (Å²) in [4.78, 5) is 4.05. The summed E-state index contributed by atoms with van der Waals surface area (Å²) in [6, 6.07) is 12.0. The summed E-state index contributed by atoms with van der Waals surface area (Å²) in [5.41, 5.74) is 1.61. The number of benzene rings is 2. The van der Waals surface area contributed by atoms with Gasteiger partial charge in [0, 0.05) is 6.54 Å². The van der Waals surface area contributed by atoms with E-state index in [9.17, 15) is 21.2 Å². The van der Waals surface area contributed by atoms with Crippen molar-refractivity contribution in [2.45, 2.75) is 41.1 Å². The number of halogens is 1. The van der Waals surface area contributed by atoms with E-state index in [0.29, 0.717) is 12.0 Å². The van der Waals surface area contributed by atoms with E-state index in [2.05, 4.69) is 10.3 Å². The molecule has 160 valence electrons. The van der Waals surface area contributed by atoms with E-state index in [4.69, 9.17) is 0 Å². The topological polar surface area (TPSA) is 93.2 Å². The second-order valence-electron chi connectivity index (χ2n) is 6.73. The average Bonchev–Trinajstić information content (AvgIpc) is 3.14. The molecule has 3 rings (SSSR count). The molecule has 0 radical (unpaired) electrons. The van der Waals surface area contributed by atoms with Crippen LogP contribution in [-0.2, 0) is 26.2 Å². The lowest BCUT2D eigenvalue weighted by Crippen LogP contribution is -2.09. The molecule has 2 aromatic carbocycles. The molecule has 1 heterocycles. The van der Waals surface area contributed by atoms with Gasteiger partial charge in [-0.3, -0.25) is 0 Å². The number of nitrogens with zero attached hydrogens (tertiary/aromatic N) is 1. The summed E-state index contributed by atoms with van der Waals surface area (Å²) in [7, 11) is -7.74. The van der Waals surface area contributed by atoms with Crippen LogP contribution in [0.3, 0.4) is 0 Å². The average molecular weight is 469 g/mol. The van der Waals surface area contributed by atoms with Crippen molar-refractivity contribution in [3.05, 3.63) is 65.5 Å². The molecule has 1 aromatic heterocycles. The molecule has 0 aliphatic carbocycles. The zero-order valence-electron chi connectivity index (χ0n) is 16.4. The highest BCUT2D eigenvalue weighted by Gasteiger charge is 2.30. The second-order valence-corrected chi connectivity index (χ2v) is 11.9. The molecule has 0 unspecified atom stereocenters. The highest BCUT2D eigenvalue weighted by molar-refractivity contribution is 7.94. The van der Waals surface area contributed by atoms with Crippen molar-refractivity contribution in [1.29, 1.82) is 0 Å². The fraction of sp³-hybridized carbons (Fsp3) is 0.250. The summed E-state index contributed by atoms with van der Waals surface area (Å²) in [5.74, 6) is -0.505. The zero-order chi connectivity index (χ0) is 21.9. The molecule has 0 aliphatic heterocycles. The quantitative estimate of drug-likeness (QED) is 0.532. The van der Waals surface area contributed by atoms with Gasteiger partial charge in [0.2, 0.25) is 24.0 Å². The lowest BCUT2D eigenvalue weighted by atomic mass is 10.2. The molecule has 3 aromatic rings. The van der Waals surface area contributed by atoms with E-state index in [-0.39, 0.29) is 37.4 Å². The first-order valence-corrected chi connectivity index (χ1v) is 13.1. The van der Waals surface area contributed by atoms with Gasteiger partial charge in [0.25, 0.3) is 0 Å². The molecule has 0 amide bonds. The van der Waals surface area contributed by atoms with Crippen molar-refractivity contribution in [2.24, 2.45) is 0 Å². The molecule has 1 N–H and O–H groups in total. The minimum atomic E-state index is -4.04. The molecule has 0 aliphatic rings. The summed E-state index contributed by atoms with van der Waals surface area (Å²) in [5, 5.41) is 2.77. The number of sulfone groups is 2. The summed E-state index contributed by atoms with van der Waals surface area (Å²) in [6.45, 7) is 3.75. The van der Waals surface area contributed by atoms with Crippen molar-refractivity contribution in [3.63, 3.8) is 0 Å². The first-order chi connectivity index (χ1) is 14.1. The van der Waals surface area contributed by atoms with Crippen molar-refractivity contribution in [1.82, 2.24) is 4.98 Å². The Labute approximate surface area is 179 Å². The predicted octanol–water partition coefficient (Wildman–Crippen LogP) is 4.22.